The number of pyridine rings is 1. The molecule has 0 atom stereocenters. The quantitative estimate of drug-likeness (QED) is 0.625. The Morgan fingerprint density at radius 2 is 1.66 bits per heavy atom. The van der Waals surface area contributed by atoms with Crippen LogP contribution in [-0.4, -0.2) is 33.4 Å². The molecule has 150 valence electrons. The molecule has 8 heteroatoms. The Kier molecular flexibility index (Phi) is 6.13. The fourth-order valence-corrected chi connectivity index (χ4v) is 3.83. The first kappa shape index (κ1) is 20.3. The fourth-order valence-electron chi connectivity index (χ4n) is 2.75. The van der Waals surface area contributed by atoms with Gasteiger partial charge >= 0.3 is 0 Å². The van der Waals surface area contributed by atoms with Crippen LogP contribution in [0.15, 0.2) is 77.8 Å². The van der Waals surface area contributed by atoms with Crippen molar-refractivity contribution < 1.29 is 13.2 Å². The molecule has 0 radical (unpaired) electrons. The van der Waals surface area contributed by atoms with Crippen molar-refractivity contribution in [2.75, 3.05) is 23.7 Å². The average Bonchev–Trinajstić information content (AvgIpc) is 2.73. The molecule has 29 heavy (non-hydrogen) atoms. The predicted octanol–water partition coefficient (Wildman–Crippen LogP) is 2.88. The molecule has 0 unspecified atom stereocenters. The van der Waals surface area contributed by atoms with Crippen molar-refractivity contribution in [2.24, 2.45) is 0 Å². The topological polar surface area (TPSA) is 91.4 Å². The van der Waals surface area contributed by atoms with Crippen molar-refractivity contribution in [1.82, 2.24) is 10.3 Å². The maximum Gasteiger partial charge on any atom is 0.261 e. The Balaban J connectivity index is 1.65. The van der Waals surface area contributed by atoms with E-state index >= 15 is 0 Å². The van der Waals surface area contributed by atoms with Gasteiger partial charge in [-0.05, 0) is 42.5 Å². The van der Waals surface area contributed by atoms with Crippen LogP contribution in [0.2, 0.25) is 0 Å². The second-order valence-corrected chi connectivity index (χ2v) is 8.24. The smallest absolute Gasteiger partial charge is 0.261 e. The van der Waals surface area contributed by atoms with Crippen LogP contribution in [-0.2, 0) is 16.6 Å². The second-order valence-electron chi connectivity index (χ2n) is 6.56. The molecular formula is C21H22N4O3S. The molecule has 1 heterocycles. The summed E-state index contributed by atoms with van der Waals surface area (Å²) in [5.41, 5.74) is 1.72. The average molecular weight is 410 g/mol. The summed E-state index contributed by atoms with van der Waals surface area (Å²) in [5, 5.41) is 2.86. The zero-order chi connectivity index (χ0) is 20.9. The van der Waals surface area contributed by atoms with Crippen molar-refractivity contribution in [3.63, 3.8) is 0 Å². The first-order chi connectivity index (χ1) is 13.9. The second kappa shape index (κ2) is 8.74. The van der Waals surface area contributed by atoms with Crippen LogP contribution in [0.25, 0.3) is 0 Å². The molecule has 0 saturated heterocycles. The number of nitrogens with one attached hydrogen (secondary N) is 2. The van der Waals surface area contributed by atoms with E-state index in [-0.39, 0.29) is 10.8 Å². The van der Waals surface area contributed by atoms with Crippen LogP contribution < -0.4 is 14.9 Å². The molecular weight excluding hydrogens is 388 g/mol. The number of anilines is 2. The first-order valence-corrected chi connectivity index (χ1v) is 10.4. The number of aromatic nitrogens is 1. The van der Waals surface area contributed by atoms with Gasteiger partial charge < -0.3 is 10.2 Å². The Hall–Kier alpha value is -3.39. The number of sulfonamides is 1. The molecule has 0 saturated carbocycles. The van der Waals surface area contributed by atoms with Crippen LogP contribution in [0.4, 0.5) is 11.5 Å². The summed E-state index contributed by atoms with van der Waals surface area (Å²) < 4.78 is 27.2. The van der Waals surface area contributed by atoms with Crippen LogP contribution in [0, 0.1) is 0 Å². The van der Waals surface area contributed by atoms with Crippen molar-refractivity contribution in [3.8, 4) is 0 Å². The van der Waals surface area contributed by atoms with E-state index in [2.05, 4.69) is 15.0 Å². The molecule has 0 aliphatic carbocycles. The summed E-state index contributed by atoms with van der Waals surface area (Å²) >= 11 is 0. The molecule has 3 aromatic rings. The van der Waals surface area contributed by atoms with Crippen molar-refractivity contribution in [1.29, 1.82) is 0 Å². The lowest BCUT2D eigenvalue weighted by Gasteiger charge is -2.16. The highest BCUT2D eigenvalue weighted by Crippen LogP contribution is 2.17. The highest BCUT2D eigenvalue weighted by molar-refractivity contribution is 7.92. The van der Waals surface area contributed by atoms with Crippen LogP contribution in [0.5, 0.6) is 0 Å². The van der Waals surface area contributed by atoms with Gasteiger partial charge in [0.25, 0.3) is 15.9 Å². The van der Waals surface area contributed by atoms with Gasteiger partial charge in [0, 0.05) is 43.7 Å². The van der Waals surface area contributed by atoms with Gasteiger partial charge in [0.05, 0.1) is 4.90 Å². The Morgan fingerprint density at radius 1 is 0.966 bits per heavy atom. The SMILES string of the molecule is CN(C)c1ncccc1CNC(=O)c1ccc(NS(=O)(=O)c2ccccc2)cc1. The standard InChI is InChI=1S/C21H22N4O3S/c1-25(2)20-17(7-6-14-22-20)15-23-21(26)16-10-12-18(13-11-16)24-29(27,28)19-8-4-3-5-9-19/h3-14,24H,15H2,1-2H3,(H,23,26). The van der Waals surface area contributed by atoms with Gasteiger partial charge in [0.15, 0.2) is 0 Å². The molecule has 0 bridgehead atoms. The van der Waals surface area contributed by atoms with Gasteiger partial charge in [0.1, 0.15) is 5.82 Å². The molecule has 3 rings (SSSR count). The summed E-state index contributed by atoms with van der Waals surface area (Å²) in [4.78, 5) is 18.8. The van der Waals surface area contributed by atoms with Gasteiger partial charge in [-0.15, -0.1) is 0 Å². The van der Waals surface area contributed by atoms with Gasteiger partial charge in [0.2, 0.25) is 0 Å². The maximum atomic E-state index is 12.4. The van der Waals surface area contributed by atoms with E-state index in [9.17, 15) is 13.2 Å². The van der Waals surface area contributed by atoms with Gasteiger partial charge in [-0.1, -0.05) is 24.3 Å². The molecule has 0 spiro atoms. The number of hydrogen-bond donors (Lipinski definition) is 2. The molecule has 2 aromatic carbocycles. The van der Waals surface area contributed by atoms with E-state index in [0.717, 1.165) is 11.4 Å². The minimum absolute atomic E-state index is 0.176. The number of nitrogens with zero attached hydrogens (tertiary/aromatic N) is 2. The van der Waals surface area contributed by atoms with Crippen molar-refractivity contribution in [3.05, 3.63) is 84.1 Å². The monoisotopic (exact) mass is 410 g/mol. The number of hydrogen-bond acceptors (Lipinski definition) is 5. The molecule has 0 aliphatic rings. The van der Waals surface area contributed by atoms with E-state index in [1.165, 1.54) is 12.1 Å². The number of benzene rings is 2. The third kappa shape index (κ3) is 5.11. The first-order valence-electron chi connectivity index (χ1n) is 8.94. The van der Waals surface area contributed by atoms with E-state index < -0.39 is 10.0 Å². The minimum Gasteiger partial charge on any atom is -0.362 e. The fraction of sp³-hybridized carbons (Fsp3) is 0.143. The maximum absolute atomic E-state index is 12.4. The zero-order valence-corrected chi connectivity index (χ0v) is 17.0. The summed E-state index contributed by atoms with van der Waals surface area (Å²) in [7, 11) is 0.116. The number of carbonyl (C=O) groups excluding carboxylic acids is 1. The van der Waals surface area contributed by atoms with Crippen LogP contribution >= 0.6 is 0 Å². The van der Waals surface area contributed by atoms with E-state index in [1.807, 2.05) is 31.1 Å². The molecule has 0 fully saturated rings. The lowest BCUT2D eigenvalue weighted by molar-refractivity contribution is 0.0951. The van der Waals surface area contributed by atoms with Crippen LogP contribution in [0.1, 0.15) is 15.9 Å². The number of carbonyl (C=O) groups is 1. The third-order valence-electron chi connectivity index (χ3n) is 4.18. The predicted molar refractivity (Wildman–Crippen MR) is 113 cm³/mol. The third-order valence-corrected chi connectivity index (χ3v) is 5.58. The van der Waals surface area contributed by atoms with E-state index in [0.29, 0.717) is 17.8 Å². The Labute approximate surface area is 170 Å². The summed E-state index contributed by atoms with van der Waals surface area (Å²) in [5.74, 6) is 0.537. The largest absolute Gasteiger partial charge is 0.362 e. The molecule has 7 nitrogen and oxygen atoms in total. The van der Waals surface area contributed by atoms with Crippen molar-refractivity contribution in [2.45, 2.75) is 11.4 Å². The Bertz CT molecular complexity index is 1080. The molecule has 2 N–H and O–H groups in total. The molecule has 0 aliphatic heterocycles. The lowest BCUT2D eigenvalue weighted by atomic mass is 10.2. The van der Waals surface area contributed by atoms with Crippen molar-refractivity contribution >= 4 is 27.4 Å². The van der Waals surface area contributed by atoms with E-state index in [4.69, 9.17) is 0 Å². The highest BCUT2D eigenvalue weighted by Gasteiger charge is 2.14. The molecule has 1 amide bonds. The number of rotatable bonds is 7. The molecule has 1 aromatic heterocycles. The van der Waals surface area contributed by atoms with Gasteiger partial charge in [-0.2, -0.15) is 0 Å². The minimum atomic E-state index is -3.67. The zero-order valence-electron chi connectivity index (χ0n) is 16.2. The van der Waals surface area contributed by atoms with E-state index in [1.54, 1.807) is 48.7 Å². The normalized spacial score (nSPS) is 11.0. The van der Waals surface area contributed by atoms with Gasteiger partial charge in [-0.25, -0.2) is 13.4 Å². The highest BCUT2D eigenvalue weighted by atomic mass is 32.2. The van der Waals surface area contributed by atoms with Gasteiger partial charge in [-0.3, -0.25) is 9.52 Å². The summed E-state index contributed by atoms with van der Waals surface area (Å²) in [6.07, 6.45) is 1.70. The Morgan fingerprint density at radius 3 is 2.31 bits per heavy atom. The summed E-state index contributed by atoms with van der Waals surface area (Å²) in [6.45, 7) is 0.336. The summed E-state index contributed by atoms with van der Waals surface area (Å²) in [6, 6.07) is 18.1. The lowest BCUT2D eigenvalue weighted by Crippen LogP contribution is -2.24. The number of amides is 1. The van der Waals surface area contributed by atoms with Crippen LogP contribution in [0.3, 0.4) is 0 Å².